The number of benzene rings is 2. The zero-order valence-electron chi connectivity index (χ0n) is 23.7. The first-order chi connectivity index (χ1) is 20.3. The van der Waals surface area contributed by atoms with Crippen molar-refractivity contribution in [3.8, 4) is 18.4 Å². The van der Waals surface area contributed by atoms with Gasteiger partial charge in [0, 0.05) is 41.6 Å². The van der Waals surface area contributed by atoms with Crippen LogP contribution in [0.1, 0.15) is 43.5 Å². The minimum absolute atomic E-state index is 0.0283. The van der Waals surface area contributed by atoms with Crippen molar-refractivity contribution in [1.82, 2.24) is 25.9 Å². The number of nitrogens with one attached hydrogen (secondary N) is 4. The molecule has 2 aromatic carbocycles. The molecule has 0 aliphatic carbocycles. The van der Waals surface area contributed by atoms with E-state index in [2.05, 4.69) is 64.3 Å². The number of hydrazine groups is 2. The van der Waals surface area contributed by atoms with Gasteiger partial charge in [-0.25, -0.2) is 8.78 Å². The summed E-state index contributed by atoms with van der Waals surface area (Å²) in [4.78, 5) is 9.02. The Balaban J connectivity index is 1.66. The number of hydrogen-bond donors (Lipinski definition) is 4. The van der Waals surface area contributed by atoms with E-state index in [0.717, 1.165) is 22.2 Å². The van der Waals surface area contributed by atoms with Gasteiger partial charge in [-0.1, -0.05) is 44.9 Å². The quantitative estimate of drug-likeness (QED) is 0.191. The lowest BCUT2D eigenvalue weighted by Crippen LogP contribution is -2.45. The van der Waals surface area contributed by atoms with Crippen LogP contribution in [0.5, 0.6) is 0 Å². The number of nitriles is 1. The topological polar surface area (TPSA) is 101 Å². The maximum Gasteiger partial charge on any atom is 0.114 e. The van der Waals surface area contributed by atoms with Gasteiger partial charge in [-0.3, -0.25) is 15.0 Å². The lowest BCUT2D eigenvalue weighted by atomic mass is 9.96. The highest BCUT2D eigenvalue weighted by atomic mass is 19.1. The second-order valence-electron chi connectivity index (χ2n) is 11.3. The van der Waals surface area contributed by atoms with E-state index < -0.39 is 25.4 Å². The van der Waals surface area contributed by atoms with Gasteiger partial charge in [0.15, 0.2) is 0 Å². The van der Waals surface area contributed by atoms with Crippen LogP contribution in [-0.4, -0.2) is 40.9 Å². The average Bonchev–Trinajstić information content (AvgIpc) is 3.47. The van der Waals surface area contributed by atoms with Gasteiger partial charge in [0.25, 0.3) is 0 Å². The number of alkyl halides is 2. The minimum Gasteiger partial charge on any atom is -0.383 e. The van der Waals surface area contributed by atoms with E-state index in [0.29, 0.717) is 40.0 Å². The van der Waals surface area contributed by atoms with Gasteiger partial charge in [-0.2, -0.15) is 5.26 Å². The molecule has 0 radical (unpaired) electrons. The van der Waals surface area contributed by atoms with Crippen LogP contribution in [0.25, 0.3) is 21.8 Å². The van der Waals surface area contributed by atoms with E-state index in [1.165, 1.54) is 5.01 Å². The molecule has 0 spiro atoms. The van der Waals surface area contributed by atoms with Crippen LogP contribution in [0.4, 0.5) is 20.2 Å². The molecule has 1 atom stereocenters. The zero-order valence-corrected chi connectivity index (χ0v) is 23.7. The predicted octanol–water partition coefficient (Wildman–Crippen LogP) is 5.72. The molecule has 42 heavy (non-hydrogen) atoms. The Morgan fingerprint density at radius 2 is 1.88 bits per heavy atom. The molecule has 1 aliphatic heterocycles. The fraction of sp³-hybridized carbons (Fsp3) is 0.281. The third-order valence-corrected chi connectivity index (χ3v) is 7.01. The van der Waals surface area contributed by atoms with E-state index in [1.54, 1.807) is 24.7 Å². The number of halogens is 2. The first-order valence-corrected chi connectivity index (χ1v) is 13.6. The SMILES string of the molecule is C#Cc1cnc2c(C#N)cc(N[C@H](C3=CN(C(CF)CF)NN3)c3cccc4ncccc34)cc2c1NCC(C)(C)C. The number of rotatable bonds is 9. The molecule has 2 aromatic heterocycles. The van der Waals surface area contributed by atoms with Crippen LogP contribution in [0.3, 0.4) is 0 Å². The number of pyridine rings is 2. The van der Waals surface area contributed by atoms with Crippen LogP contribution in [0.15, 0.2) is 66.8 Å². The molecular formula is C32H32F2N8. The summed E-state index contributed by atoms with van der Waals surface area (Å²) in [5, 5.41) is 20.1. The standard InChI is InChI=1S/C32H32F2N8/c1-5-20-17-37-30-21(16-35)12-22(13-26(30)29(20)38-19-32(2,3)4)39-31(28-18-42(41-40-28)23(14-33)15-34)25-8-6-10-27-24(25)9-7-11-36-27/h1,6-13,17-18,23,31,39-41H,14-15,19H2,2-4H3,(H,37,38)/t31-/m0/s1. The first-order valence-electron chi connectivity index (χ1n) is 13.6. The van der Waals surface area contributed by atoms with Crippen molar-refractivity contribution in [3.05, 3.63) is 83.4 Å². The van der Waals surface area contributed by atoms with Crippen LogP contribution in [0, 0.1) is 29.1 Å². The third-order valence-electron chi connectivity index (χ3n) is 7.01. The monoisotopic (exact) mass is 566 g/mol. The van der Waals surface area contributed by atoms with Crippen LogP contribution < -0.4 is 21.6 Å². The van der Waals surface area contributed by atoms with Crippen molar-refractivity contribution in [2.24, 2.45) is 5.41 Å². The summed E-state index contributed by atoms with van der Waals surface area (Å²) in [6, 6.07) is 14.0. The van der Waals surface area contributed by atoms with E-state index in [4.69, 9.17) is 6.42 Å². The molecule has 0 amide bonds. The Hall–Kier alpha value is -4.93. The highest BCUT2D eigenvalue weighted by molar-refractivity contribution is 5.99. The first kappa shape index (κ1) is 28.6. The molecule has 0 fully saturated rings. The molecule has 4 N–H and O–H groups in total. The maximum absolute atomic E-state index is 13.5. The Morgan fingerprint density at radius 1 is 1.07 bits per heavy atom. The van der Waals surface area contributed by atoms with Crippen molar-refractivity contribution in [3.63, 3.8) is 0 Å². The predicted molar refractivity (Wildman–Crippen MR) is 162 cm³/mol. The van der Waals surface area contributed by atoms with Gasteiger partial charge < -0.3 is 16.1 Å². The maximum atomic E-state index is 13.5. The number of aromatic nitrogens is 2. The van der Waals surface area contributed by atoms with Crippen molar-refractivity contribution >= 4 is 33.2 Å². The molecule has 4 aromatic rings. The smallest absolute Gasteiger partial charge is 0.114 e. The third kappa shape index (κ3) is 5.76. The van der Waals surface area contributed by atoms with Crippen LogP contribution >= 0.6 is 0 Å². The summed E-state index contributed by atoms with van der Waals surface area (Å²) in [6.45, 7) is 5.27. The van der Waals surface area contributed by atoms with Gasteiger partial charge in [0.1, 0.15) is 25.5 Å². The van der Waals surface area contributed by atoms with Crippen molar-refractivity contribution in [2.75, 3.05) is 30.5 Å². The molecule has 1 aliphatic rings. The molecule has 0 saturated carbocycles. The Morgan fingerprint density at radius 3 is 2.60 bits per heavy atom. The fourth-order valence-electron chi connectivity index (χ4n) is 4.87. The fourth-order valence-corrected chi connectivity index (χ4v) is 4.87. The summed E-state index contributed by atoms with van der Waals surface area (Å²) >= 11 is 0. The van der Waals surface area contributed by atoms with Crippen LogP contribution in [-0.2, 0) is 0 Å². The van der Waals surface area contributed by atoms with Crippen molar-refractivity contribution in [2.45, 2.75) is 32.9 Å². The Bertz CT molecular complexity index is 1720. The van der Waals surface area contributed by atoms with Gasteiger partial charge >= 0.3 is 0 Å². The van der Waals surface area contributed by atoms with Crippen LogP contribution in [0.2, 0.25) is 0 Å². The molecule has 5 rings (SSSR count). The van der Waals surface area contributed by atoms with E-state index >= 15 is 0 Å². The summed E-state index contributed by atoms with van der Waals surface area (Å²) in [7, 11) is 0. The minimum atomic E-state index is -0.986. The summed E-state index contributed by atoms with van der Waals surface area (Å²) in [5.41, 5.74) is 11.1. The Kier molecular flexibility index (Phi) is 8.10. The summed E-state index contributed by atoms with van der Waals surface area (Å²) < 4.78 is 27.0. The molecule has 214 valence electrons. The molecule has 0 unspecified atom stereocenters. The number of terminal acetylenes is 1. The van der Waals surface area contributed by atoms with E-state index in [9.17, 15) is 14.0 Å². The zero-order chi connectivity index (χ0) is 29.9. The second-order valence-corrected chi connectivity index (χ2v) is 11.3. The normalized spacial score (nSPS) is 13.9. The highest BCUT2D eigenvalue weighted by Gasteiger charge is 2.28. The van der Waals surface area contributed by atoms with Gasteiger partial charge in [-0.05, 0) is 35.2 Å². The molecule has 3 heterocycles. The molecular weight excluding hydrogens is 534 g/mol. The molecule has 8 nitrogen and oxygen atoms in total. The van der Waals surface area contributed by atoms with Gasteiger partial charge in [0.2, 0.25) is 0 Å². The lowest BCUT2D eigenvalue weighted by molar-refractivity contribution is 0.139. The number of hydrogen-bond acceptors (Lipinski definition) is 8. The lowest BCUT2D eigenvalue weighted by Gasteiger charge is -2.24. The number of fused-ring (bicyclic) bond motifs is 2. The van der Waals surface area contributed by atoms with Crippen molar-refractivity contribution < 1.29 is 8.78 Å². The van der Waals surface area contributed by atoms with Gasteiger partial charge in [-0.15, -0.1) is 12.0 Å². The summed E-state index contributed by atoms with van der Waals surface area (Å²) in [5.74, 6) is 2.71. The molecule has 0 saturated heterocycles. The highest BCUT2D eigenvalue weighted by Crippen LogP contribution is 2.36. The van der Waals surface area contributed by atoms with E-state index in [-0.39, 0.29) is 5.41 Å². The van der Waals surface area contributed by atoms with Gasteiger partial charge in [0.05, 0.1) is 39.6 Å². The second kappa shape index (κ2) is 11.9. The average molecular weight is 567 g/mol. The molecule has 0 bridgehead atoms. The number of anilines is 2. The van der Waals surface area contributed by atoms with Crippen molar-refractivity contribution in [1.29, 1.82) is 5.26 Å². The largest absolute Gasteiger partial charge is 0.383 e. The number of nitrogens with zero attached hydrogens (tertiary/aromatic N) is 4. The Labute approximate surface area is 243 Å². The summed E-state index contributed by atoms with van der Waals surface area (Å²) in [6.07, 6.45) is 10.8. The van der Waals surface area contributed by atoms with E-state index in [1.807, 2.05) is 36.4 Å². The molecule has 10 heteroatoms.